The molecule has 0 spiro atoms. The number of hydrogen-bond acceptors (Lipinski definition) is 12. The van der Waals surface area contributed by atoms with E-state index in [0.717, 1.165) is 13.8 Å². The van der Waals surface area contributed by atoms with E-state index in [-0.39, 0.29) is 55.7 Å². The van der Waals surface area contributed by atoms with Crippen molar-refractivity contribution in [2.24, 2.45) is 20.5 Å². The standard InChI is InChI=1S/C48H45Cl5N8O8/c1-6-68-33-11-16-38(30(18-33)23-49)55-45(64)28-8-13-36(52)41(20-28)58-60-43(26(4)62)47(66)54-32-10-15-40(35(22-32)25(3)51)57-48(67)44(27(5)63)61-59-42-21-29(9-14-37(42)53)46(65)56-39-17-12-34(69-7-2)19-31(39)24-50/h8-22,25,43-44H,6-7,23-24H2,1-5H3,(H,54,66)(H,55,64)(H,56,65)(H,57,67). The van der Waals surface area contributed by atoms with Crippen molar-refractivity contribution in [2.45, 2.75) is 63.8 Å². The minimum atomic E-state index is -1.65. The molecule has 0 aliphatic rings. The van der Waals surface area contributed by atoms with Gasteiger partial charge in [0.25, 0.3) is 23.6 Å². The molecule has 21 heteroatoms. The maximum Gasteiger partial charge on any atom is 0.258 e. The summed E-state index contributed by atoms with van der Waals surface area (Å²) in [6.07, 6.45) is 0. The average Bonchev–Trinajstić information content (AvgIpc) is 3.31. The smallest absolute Gasteiger partial charge is 0.258 e. The molecule has 5 aromatic carbocycles. The number of benzene rings is 5. The lowest BCUT2D eigenvalue weighted by Crippen LogP contribution is -2.32. The lowest BCUT2D eigenvalue weighted by atomic mass is 10.1. The van der Waals surface area contributed by atoms with Crippen molar-refractivity contribution >= 4 is 127 Å². The molecule has 0 fully saturated rings. The van der Waals surface area contributed by atoms with Crippen LogP contribution in [0.2, 0.25) is 10.0 Å². The number of hydrogen-bond donors (Lipinski definition) is 4. The van der Waals surface area contributed by atoms with E-state index in [9.17, 15) is 28.8 Å². The third-order valence-corrected chi connectivity index (χ3v) is 11.3. The number of Topliss-reactive ketones (excluding diaryl/α,β-unsaturated/α-hetero) is 2. The maximum atomic E-state index is 13.6. The summed E-state index contributed by atoms with van der Waals surface area (Å²) in [5, 5.41) is 26.4. The molecule has 0 aromatic heterocycles. The van der Waals surface area contributed by atoms with Gasteiger partial charge in [-0.3, -0.25) is 28.8 Å². The van der Waals surface area contributed by atoms with Crippen LogP contribution < -0.4 is 30.7 Å². The van der Waals surface area contributed by atoms with Crippen LogP contribution in [0.4, 0.5) is 34.1 Å². The highest BCUT2D eigenvalue weighted by molar-refractivity contribution is 6.33. The van der Waals surface area contributed by atoms with Gasteiger partial charge < -0.3 is 30.7 Å². The van der Waals surface area contributed by atoms with Crippen LogP contribution in [0.25, 0.3) is 0 Å². The van der Waals surface area contributed by atoms with Gasteiger partial charge in [0, 0.05) is 45.6 Å². The van der Waals surface area contributed by atoms with Gasteiger partial charge in [0.2, 0.25) is 12.1 Å². The number of ketones is 2. The lowest BCUT2D eigenvalue weighted by Gasteiger charge is -2.17. The first-order chi connectivity index (χ1) is 33.0. The predicted molar refractivity (Wildman–Crippen MR) is 269 cm³/mol. The third kappa shape index (κ3) is 14.5. The summed E-state index contributed by atoms with van der Waals surface area (Å²) in [6.45, 7) is 8.52. The van der Waals surface area contributed by atoms with Crippen molar-refractivity contribution < 1.29 is 38.2 Å². The van der Waals surface area contributed by atoms with E-state index < -0.39 is 52.7 Å². The Morgan fingerprint density at radius 2 is 1.00 bits per heavy atom. The second kappa shape index (κ2) is 25.3. The summed E-state index contributed by atoms with van der Waals surface area (Å²) in [7, 11) is 0. The van der Waals surface area contributed by atoms with Crippen LogP contribution in [-0.4, -0.2) is 60.5 Å². The molecule has 0 aliphatic carbocycles. The zero-order chi connectivity index (χ0) is 50.4. The summed E-state index contributed by atoms with van der Waals surface area (Å²) < 4.78 is 11.0. The van der Waals surface area contributed by atoms with Crippen LogP contribution in [-0.2, 0) is 30.9 Å². The molecular formula is C48H45Cl5N8O8. The Morgan fingerprint density at radius 1 is 0.565 bits per heavy atom. The highest BCUT2D eigenvalue weighted by Gasteiger charge is 2.27. The Labute approximate surface area is 422 Å². The highest BCUT2D eigenvalue weighted by Crippen LogP contribution is 2.33. The van der Waals surface area contributed by atoms with E-state index in [2.05, 4.69) is 41.7 Å². The topological polar surface area (TPSA) is 218 Å². The number of azo groups is 2. The van der Waals surface area contributed by atoms with Crippen LogP contribution in [0.3, 0.4) is 0 Å². The summed E-state index contributed by atoms with van der Waals surface area (Å²) >= 11 is 31.5. The van der Waals surface area contributed by atoms with Crippen molar-refractivity contribution in [1.29, 1.82) is 0 Å². The number of rotatable bonds is 21. The van der Waals surface area contributed by atoms with E-state index >= 15 is 0 Å². The maximum absolute atomic E-state index is 13.6. The minimum absolute atomic E-state index is 0.00720. The fourth-order valence-corrected chi connectivity index (χ4v) is 7.27. The Kier molecular flexibility index (Phi) is 19.6. The summed E-state index contributed by atoms with van der Waals surface area (Å²) in [5.41, 5.74) is 3.17. The van der Waals surface area contributed by atoms with E-state index in [1.165, 1.54) is 54.6 Å². The molecule has 4 N–H and O–H groups in total. The molecule has 5 rings (SSSR count). The van der Waals surface area contributed by atoms with Crippen LogP contribution in [0.1, 0.15) is 77.4 Å². The number of ether oxygens (including phenoxy) is 2. The molecule has 0 bridgehead atoms. The summed E-state index contributed by atoms with van der Waals surface area (Å²) in [4.78, 5) is 79.0. The average molecular weight is 1040 g/mol. The van der Waals surface area contributed by atoms with Crippen molar-refractivity contribution in [1.82, 2.24) is 0 Å². The second-order valence-electron chi connectivity index (χ2n) is 14.9. The van der Waals surface area contributed by atoms with Gasteiger partial charge in [0.05, 0.1) is 28.6 Å². The zero-order valence-electron chi connectivity index (χ0n) is 37.7. The predicted octanol–water partition coefficient (Wildman–Crippen LogP) is 12.4. The molecule has 4 amide bonds. The number of anilines is 4. The van der Waals surface area contributed by atoms with Gasteiger partial charge in [-0.1, -0.05) is 23.2 Å². The monoisotopic (exact) mass is 1040 g/mol. The Bertz CT molecular complexity index is 2820. The Morgan fingerprint density at radius 3 is 1.41 bits per heavy atom. The number of nitrogens with zero attached hydrogens (tertiary/aromatic N) is 4. The molecular weight excluding hydrogens is 994 g/mol. The van der Waals surface area contributed by atoms with E-state index in [4.69, 9.17) is 67.5 Å². The highest BCUT2D eigenvalue weighted by atomic mass is 35.5. The van der Waals surface area contributed by atoms with Gasteiger partial charge in [0.15, 0.2) is 11.6 Å². The molecule has 16 nitrogen and oxygen atoms in total. The van der Waals surface area contributed by atoms with E-state index in [0.29, 0.717) is 52.8 Å². The van der Waals surface area contributed by atoms with Crippen LogP contribution in [0.5, 0.6) is 11.5 Å². The van der Waals surface area contributed by atoms with Gasteiger partial charge in [-0.05, 0) is 142 Å². The van der Waals surface area contributed by atoms with Crippen molar-refractivity contribution in [3.63, 3.8) is 0 Å². The summed E-state index contributed by atoms with van der Waals surface area (Å²) in [6, 6.07) is 19.7. The molecule has 5 aromatic rings. The molecule has 0 saturated heterocycles. The van der Waals surface area contributed by atoms with Crippen molar-refractivity contribution in [3.05, 3.63) is 129 Å². The molecule has 0 heterocycles. The number of halogens is 5. The van der Waals surface area contributed by atoms with Gasteiger partial charge in [-0.2, -0.15) is 20.5 Å². The number of carbonyl (C=O) groups is 6. The largest absolute Gasteiger partial charge is 0.494 e. The fourth-order valence-electron chi connectivity index (χ4n) is 6.34. The molecule has 360 valence electrons. The van der Waals surface area contributed by atoms with E-state index in [1.54, 1.807) is 43.3 Å². The number of nitrogens with one attached hydrogen (secondary N) is 4. The minimum Gasteiger partial charge on any atom is -0.494 e. The first-order valence-electron chi connectivity index (χ1n) is 21.0. The lowest BCUT2D eigenvalue weighted by molar-refractivity contribution is -0.127. The number of alkyl halides is 3. The molecule has 0 aliphatic heterocycles. The van der Waals surface area contributed by atoms with Crippen molar-refractivity contribution in [2.75, 3.05) is 34.5 Å². The number of amides is 4. The van der Waals surface area contributed by atoms with Gasteiger partial charge in [-0.25, -0.2) is 0 Å². The quantitative estimate of drug-likeness (QED) is 0.0314. The van der Waals surface area contributed by atoms with Gasteiger partial charge >= 0.3 is 0 Å². The van der Waals surface area contributed by atoms with Gasteiger partial charge in [-0.15, -0.1) is 34.8 Å². The molecule has 0 radical (unpaired) electrons. The fraction of sp³-hybridized carbons (Fsp3) is 0.250. The molecule has 3 unspecified atom stereocenters. The SMILES string of the molecule is CCOc1ccc(NC(=O)c2ccc(Cl)c(N=NC(C(C)=O)C(=O)Nc3ccc(NC(=O)C(N=Nc4cc(C(=O)Nc5ccc(OCC)cc5CCl)ccc4Cl)C(C)=O)c(C(C)Cl)c3)c2)c(CCl)c1. The van der Waals surface area contributed by atoms with Crippen LogP contribution in [0.15, 0.2) is 111 Å². The Balaban J connectivity index is 1.28. The van der Waals surface area contributed by atoms with Crippen molar-refractivity contribution in [3.8, 4) is 11.5 Å². The molecule has 3 atom stereocenters. The molecule has 0 saturated carbocycles. The Hall–Kier alpha value is -6.43. The number of carbonyl (C=O) groups excluding carboxylic acids is 6. The van der Waals surface area contributed by atoms with Gasteiger partial charge in [0.1, 0.15) is 22.9 Å². The third-order valence-electron chi connectivity index (χ3n) is 9.81. The normalized spacial score (nSPS) is 12.5. The van der Waals surface area contributed by atoms with E-state index in [1.807, 2.05) is 13.8 Å². The first-order valence-corrected chi connectivity index (χ1v) is 23.3. The van der Waals surface area contributed by atoms with Crippen LogP contribution in [0, 0.1) is 0 Å². The zero-order valence-corrected chi connectivity index (χ0v) is 41.4. The first kappa shape index (κ1) is 53.5. The summed E-state index contributed by atoms with van der Waals surface area (Å²) in [5.74, 6) is -2.68. The van der Waals surface area contributed by atoms with Crippen LogP contribution >= 0.6 is 58.0 Å². The second-order valence-corrected chi connectivity index (χ2v) is 16.9. The molecule has 69 heavy (non-hydrogen) atoms.